The molecule has 0 aromatic carbocycles. The van der Waals surface area contributed by atoms with E-state index in [0.29, 0.717) is 5.57 Å². The van der Waals surface area contributed by atoms with Crippen LogP contribution in [0.5, 0.6) is 0 Å². The quantitative estimate of drug-likeness (QED) is 0.887. The van der Waals surface area contributed by atoms with Crippen molar-refractivity contribution in [3.63, 3.8) is 0 Å². The van der Waals surface area contributed by atoms with Crippen LogP contribution in [0.1, 0.15) is 11.1 Å². The van der Waals surface area contributed by atoms with Crippen LogP contribution in [0.2, 0.25) is 0 Å². The fraction of sp³-hybridized carbons (Fsp3) is 0.214. The maximum Gasteiger partial charge on any atom is 0.166 e. The number of hydrogen-bond donors (Lipinski definition) is 2. The summed E-state index contributed by atoms with van der Waals surface area (Å²) >= 11 is 1.59. The molecule has 0 amide bonds. The lowest BCUT2D eigenvalue weighted by atomic mass is 10.1. The van der Waals surface area contributed by atoms with Gasteiger partial charge in [0.2, 0.25) is 0 Å². The van der Waals surface area contributed by atoms with Gasteiger partial charge in [0.1, 0.15) is 11.7 Å². The van der Waals surface area contributed by atoms with E-state index in [0.717, 1.165) is 27.9 Å². The number of rotatable bonds is 2. The predicted molar refractivity (Wildman–Crippen MR) is 82.3 cm³/mol. The van der Waals surface area contributed by atoms with Gasteiger partial charge < -0.3 is 10.3 Å². The van der Waals surface area contributed by atoms with E-state index >= 15 is 0 Å². The number of pyridine rings is 1. The number of thioether (sulfide) groups is 1. The lowest BCUT2D eigenvalue weighted by Crippen LogP contribution is -2.27. The highest BCUT2D eigenvalue weighted by Gasteiger charge is 2.19. The largest absolute Gasteiger partial charge is 0.354 e. The number of fused-ring (bicyclic) bond motifs is 1. The molecular formula is C14H13N5S. The van der Waals surface area contributed by atoms with Gasteiger partial charge in [-0.05, 0) is 24.8 Å². The molecule has 5 nitrogen and oxygen atoms in total. The van der Waals surface area contributed by atoms with Crippen molar-refractivity contribution in [2.45, 2.75) is 12.4 Å². The maximum atomic E-state index is 9.27. The standard InChI is InChI=1S/C14H13N5S/c1-8-3-10-11(7-17-13(10)16-5-8)12-9(4-15)6-18-14(19-12)20-2/h3,5-7,14,19H,1-2H3,(H,16,17). The van der Waals surface area contributed by atoms with Gasteiger partial charge in [0, 0.05) is 29.6 Å². The number of nitrogens with one attached hydrogen (secondary N) is 2. The number of aromatic amines is 1. The number of nitriles is 1. The van der Waals surface area contributed by atoms with Crippen molar-refractivity contribution in [2.75, 3.05) is 6.26 Å². The molecule has 1 aliphatic rings. The van der Waals surface area contributed by atoms with Crippen LogP contribution < -0.4 is 5.32 Å². The minimum atomic E-state index is -0.0650. The second-order valence-corrected chi connectivity index (χ2v) is 5.44. The van der Waals surface area contributed by atoms with Gasteiger partial charge in [-0.1, -0.05) is 0 Å². The minimum absolute atomic E-state index is 0.0650. The topological polar surface area (TPSA) is 76.9 Å². The fourth-order valence-electron chi connectivity index (χ4n) is 2.19. The molecule has 20 heavy (non-hydrogen) atoms. The molecule has 1 atom stereocenters. The molecule has 100 valence electrons. The average Bonchev–Trinajstić information content (AvgIpc) is 2.89. The fourth-order valence-corrected chi connectivity index (χ4v) is 2.61. The van der Waals surface area contributed by atoms with Crippen molar-refractivity contribution >= 4 is 34.7 Å². The zero-order chi connectivity index (χ0) is 14.1. The van der Waals surface area contributed by atoms with E-state index in [1.807, 2.05) is 25.6 Å². The number of aliphatic imine (C=N–C) groups is 1. The molecular weight excluding hydrogens is 270 g/mol. The van der Waals surface area contributed by atoms with E-state index in [4.69, 9.17) is 0 Å². The molecule has 0 fully saturated rings. The highest BCUT2D eigenvalue weighted by molar-refractivity contribution is 7.99. The zero-order valence-corrected chi connectivity index (χ0v) is 12.0. The molecule has 2 aromatic heterocycles. The molecule has 3 rings (SSSR count). The average molecular weight is 283 g/mol. The Labute approximate surface area is 120 Å². The van der Waals surface area contributed by atoms with Gasteiger partial charge >= 0.3 is 0 Å². The summed E-state index contributed by atoms with van der Waals surface area (Å²) in [5.41, 5.74) is 4.14. The number of aryl methyl sites for hydroxylation is 1. The molecule has 2 N–H and O–H groups in total. The van der Waals surface area contributed by atoms with Crippen molar-refractivity contribution in [1.82, 2.24) is 15.3 Å². The third-order valence-electron chi connectivity index (χ3n) is 3.16. The number of aromatic nitrogens is 2. The molecule has 0 radical (unpaired) electrons. The van der Waals surface area contributed by atoms with Crippen LogP contribution in [0.15, 0.2) is 29.0 Å². The summed E-state index contributed by atoms with van der Waals surface area (Å²) in [6.45, 7) is 2.00. The van der Waals surface area contributed by atoms with E-state index < -0.39 is 0 Å². The number of H-pyrrole nitrogens is 1. The van der Waals surface area contributed by atoms with E-state index in [2.05, 4.69) is 32.4 Å². The van der Waals surface area contributed by atoms with Crippen LogP contribution in [0.3, 0.4) is 0 Å². The third-order valence-corrected chi connectivity index (χ3v) is 3.84. The second kappa shape index (κ2) is 5.02. The Kier molecular flexibility index (Phi) is 3.20. The first-order valence-electron chi connectivity index (χ1n) is 6.14. The number of nitrogens with zero attached hydrogens (tertiary/aromatic N) is 3. The molecule has 0 saturated heterocycles. The molecule has 1 unspecified atom stereocenters. The summed E-state index contributed by atoms with van der Waals surface area (Å²) in [4.78, 5) is 11.8. The summed E-state index contributed by atoms with van der Waals surface area (Å²) in [5.74, 6) is 0. The molecule has 3 heterocycles. The van der Waals surface area contributed by atoms with Crippen LogP contribution in [-0.2, 0) is 0 Å². The van der Waals surface area contributed by atoms with E-state index in [1.54, 1.807) is 18.0 Å². The number of hydrogen-bond acceptors (Lipinski definition) is 5. The van der Waals surface area contributed by atoms with Gasteiger partial charge in [0.15, 0.2) is 5.50 Å². The van der Waals surface area contributed by atoms with Crippen LogP contribution in [0.25, 0.3) is 16.7 Å². The molecule has 0 spiro atoms. The van der Waals surface area contributed by atoms with Crippen molar-refractivity contribution in [2.24, 2.45) is 4.99 Å². The Balaban J connectivity index is 2.18. The smallest absolute Gasteiger partial charge is 0.166 e. The Morgan fingerprint density at radius 1 is 1.45 bits per heavy atom. The van der Waals surface area contributed by atoms with Crippen molar-refractivity contribution in [3.8, 4) is 6.07 Å². The third kappa shape index (κ3) is 2.06. The number of allylic oxidation sites excluding steroid dienone is 1. The highest BCUT2D eigenvalue weighted by Crippen LogP contribution is 2.28. The van der Waals surface area contributed by atoms with Crippen LogP contribution >= 0.6 is 11.8 Å². The van der Waals surface area contributed by atoms with Crippen LogP contribution in [0.4, 0.5) is 0 Å². The molecule has 2 aromatic rings. The molecule has 1 aliphatic heterocycles. The van der Waals surface area contributed by atoms with E-state index in [1.165, 1.54) is 0 Å². The van der Waals surface area contributed by atoms with E-state index in [-0.39, 0.29) is 5.50 Å². The van der Waals surface area contributed by atoms with Gasteiger partial charge in [0.25, 0.3) is 0 Å². The van der Waals surface area contributed by atoms with Gasteiger partial charge in [-0.2, -0.15) is 5.26 Å². The highest BCUT2D eigenvalue weighted by atomic mass is 32.2. The summed E-state index contributed by atoms with van der Waals surface area (Å²) < 4.78 is 0. The lowest BCUT2D eigenvalue weighted by Gasteiger charge is -2.20. The van der Waals surface area contributed by atoms with Crippen LogP contribution in [0, 0.1) is 18.3 Å². The summed E-state index contributed by atoms with van der Waals surface area (Å²) in [5, 5.41) is 13.6. The summed E-state index contributed by atoms with van der Waals surface area (Å²) in [6, 6.07) is 4.26. The Morgan fingerprint density at radius 2 is 2.30 bits per heavy atom. The molecule has 0 saturated carbocycles. The first kappa shape index (κ1) is 12.8. The first-order chi connectivity index (χ1) is 9.72. The first-order valence-corrected chi connectivity index (χ1v) is 7.42. The molecule has 6 heteroatoms. The monoisotopic (exact) mass is 283 g/mol. The van der Waals surface area contributed by atoms with Gasteiger partial charge in [0.05, 0.1) is 11.3 Å². The Hall–Kier alpha value is -2.26. The maximum absolute atomic E-state index is 9.27. The normalized spacial score (nSPS) is 18.1. The second-order valence-electron chi connectivity index (χ2n) is 4.52. The predicted octanol–water partition coefficient (Wildman–Crippen LogP) is 2.43. The SMILES string of the molecule is CSC1N=CC(C#N)=C(c2c[nH]c3ncc(C)cc23)N1. The van der Waals surface area contributed by atoms with Crippen LogP contribution in [-0.4, -0.2) is 27.9 Å². The summed E-state index contributed by atoms with van der Waals surface area (Å²) in [7, 11) is 0. The summed E-state index contributed by atoms with van der Waals surface area (Å²) in [6.07, 6.45) is 7.32. The van der Waals surface area contributed by atoms with Crippen molar-refractivity contribution < 1.29 is 0 Å². The minimum Gasteiger partial charge on any atom is -0.354 e. The van der Waals surface area contributed by atoms with Gasteiger partial charge in [-0.15, -0.1) is 11.8 Å². The Bertz CT molecular complexity index is 765. The Morgan fingerprint density at radius 3 is 3.05 bits per heavy atom. The van der Waals surface area contributed by atoms with E-state index in [9.17, 15) is 5.26 Å². The van der Waals surface area contributed by atoms with Gasteiger partial charge in [-0.25, -0.2) is 4.98 Å². The van der Waals surface area contributed by atoms with Gasteiger partial charge in [-0.3, -0.25) is 4.99 Å². The molecule has 0 aliphatic carbocycles. The van der Waals surface area contributed by atoms with Crippen molar-refractivity contribution in [1.29, 1.82) is 5.26 Å². The van der Waals surface area contributed by atoms with Crippen molar-refractivity contribution in [3.05, 3.63) is 35.2 Å². The lowest BCUT2D eigenvalue weighted by molar-refractivity contribution is 0.834. The zero-order valence-electron chi connectivity index (χ0n) is 11.1. The molecule has 0 bridgehead atoms.